The highest BCUT2D eigenvalue weighted by Gasteiger charge is 2.70. The van der Waals surface area contributed by atoms with E-state index in [0.29, 0.717) is 17.9 Å². The van der Waals surface area contributed by atoms with Crippen LogP contribution in [0.3, 0.4) is 0 Å². The lowest BCUT2D eigenvalue weighted by molar-refractivity contribution is -0.283. The lowest BCUT2D eigenvalue weighted by atomic mass is 9.66. The van der Waals surface area contributed by atoms with Gasteiger partial charge >= 0.3 is 5.97 Å². The molecule has 1 aliphatic heterocycles. The molecule has 7 nitrogen and oxygen atoms in total. The van der Waals surface area contributed by atoms with E-state index in [0.717, 1.165) is 19.3 Å². The summed E-state index contributed by atoms with van der Waals surface area (Å²) in [5.74, 6) is -0.422. The van der Waals surface area contributed by atoms with Gasteiger partial charge in [0.1, 0.15) is 18.3 Å². The number of aliphatic hydroxyl groups excluding tert-OH is 3. The summed E-state index contributed by atoms with van der Waals surface area (Å²) >= 11 is 0. The number of carbonyl (C=O) groups excluding carboxylic acids is 1. The molecule has 0 aromatic heterocycles. The summed E-state index contributed by atoms with van der Waals surface area (Å²) in [5.41, 5.74) is -0.956. The zero-order valence-electron chi connectivity index (χ0n) is 17.0. The van der Waals surface area contributed by atoms with Crippen LogP contribution in [0.25, 0.3) is 0 Å². The highest BCUT2D eigenvalue weighted by atomic mass is 16.7. The van der Waals surface area contributed by atoms with Crippen LogP contribution in [0.1, 0.15) is 53.4 Å². The summed E-state index contributed by atoms with van der Waals surface area (Å²) in [6.07, 6.45) is -1.49. The fraction of sp³-hybridized carbons (Fsp3) is 0.857. The van der Waals surface area contributed by atoms with E-state index in [2.05, 4.69) is 20.8 Å². The van der Waals surface area contributed by atoms with Gasteiger partial charge in [0.05, 0.1) is 11.7 Å². The van der Waals surface area contributed by atoms with Crippen LogP contribution in [0, 0.1) is 22.7 Å². The van der Waals surface area contributed by atoms with Crippen molar-refractivity contribution in [1.82, 2.24) is 0 Å². The van der Waals surface area contributed by atoms with Crippen molar-refractivity contribution in [2.24, 2.45) is 22.7 Å². The average Bonchev–Trinajstić information content (AvgIpc) is 3.11. The Balaban J connectivity index is 1.59. The standard InChI is InChI=1S/C21H32O7/c1-10-5-6-13-12(7-20(26)8-19(3,4)9-21(10,13)20)17(25)28-18-16(24)15(23)14(22)11(2)27-18/h7,10-11,13-16,18,22-24,26H,5-6,8-9H2,1-4H3. The summed E-state index contributed by atoms with van der Waals surface area (Å²) < 4.78 is 10.8. The second kappa shape index (κ2) is 6.25. The van der Waals surface area contributed by atoms with Gasteiger partial charge in [-0.3, -0.25) is 0 Å². The molecule has 4 N–H and O–H groups in total. The van der Waals surface area contributed by atoms with Gasteiger partial charge in [0.2, 0.25) is 6.29 Å². The molecule has 0 aromatic carbocycles. The van der Waals surface area contributed by atoms with E-state index >= 15 is 0 Å². The van der Waals surface area contributed by atoms with Crippen molar-refractivity contribution in [2.45, 2.75) is 89.7 Å². The smallest absolute Gasteiger partial charge is 0.336 e. The highest BCUT2D eigenvalue weighted by Crippen LogP contribution is 2.72. The number of rotatable bonds is 2. The minimum atomic E-state index is -1.53. The van der Waals surface area contributed by atoms with E-state index in [1.807, 2.05) is 0 Å². The summed E-state index contributed by atoms with van der Waals surface area (Å²) in [6.45, 7) is 8.01. The van der Waals surface area contributed by atoms with Crippen LogP contribution < -0.4 is 0 Å². The molecule has 4 rings (SSSR count). The number of ether oxygens (including phenoxy) is 2. The summed E-state index contributed by atoms with van der Waals surface area (Å²) in [7, 11) is 0. The largest absolute Gasteiger partial charge is 0.429 e. The molecule has 28 heavy (non-hydrogen) atoms. The van der Waals surface area contributed by atoms with Gasteiger partial charge in [-0.05, 0) is 55.9 Å². The topological polar surface area (TPSA) is 116 Å². The van der Waals surface area contributed by atoms with Gasteiger partial charge in [0.25, 0.3) is 0 Å². The Labute approximate surface area is 165 Å². The molecule has 2 saturated carbocycles. The van der Waals surface area contributed by atoms with Crippen LogP contribution in [0.2, 0.25) is 0 Å². The second-order valence-electron chi connectivity index (χ2n) is 10.2. The Kier molecular flexibility index (Phi) is 4.53. The maximum absolute atomic E-state index is 13.0. The minimum absolute atomic E-state index is 0.00408. The van der Waals surface area contributed by atoms with Crippen molar-refractivity contribution in [1.29, 1.82) is 0 Å². The first-order chi connectivity index (χ1) is 12.9. The molecule has 7 heteroatoms. The molecule has 0 radical (unpaired) electrons. The molecule has 1 saturated heterocycles. The normalized spacial score (nSPS) is 52.1. The van der Waals surface area contributed by atoms with Gasteiger partial charge in [-0.1, -0.05) is 20.8 Å². The highest BCUT2D eigenvalue weighted by molar-refractivity contribution is 5.91. The summed E-state index contributed by atoms with van der Waals surface area (Å²) in [6, 6.07) is 0. The molecule has 1 spiro atoms. The number of hydrogen-bond donors (Lipinski definition) is 4. The minimum Gasteiger partial charge on any atom is -0.429 e. The quantitative estimate of drug-likeness (QED) is 0.512. The van der Waals surface area contributed by atoms with E-state index in [1.54, 1.807) is 6.08 Å². The van der Waals surface area contributed by atoms with Crippen molar-refractivity contribution >= 4 is 5.97 Å². The van der Waals surface area contributed by atoms with Crippen LogP contribution in [-0.4, -0.2) is 62.7 Å². The third-order valence-electron chi connectivity index (χ3n) is 7.75. The lowest BCUT2D eigenvalue weighted by Crippen LogP contribution is -2.57. The van der Waals surface area contributed by atoms with Crippen molar-refractivity contribution < 1.29 is 34.7 Å². The molecule has 3 aliphatic carbocycles. The molecule has 0 aromatic rings. The first-order valence-corrected chi connectivity index (χ1v) is 10.3. The van der Waals surface area contributed by atoms with Gasteiger partial charge in [0.15, 0.2) is 0 Å². The van der Waals surface area contributed by atoms with Gasteiger partial charge in [-0.25, -0.2) is 4.79 Å². The van der Waals surface area contributed by atoms with Gasteiger partial charge in [0, 0.05) is 11.0 Å². The Hall–Kier alpha value is -0.990. The molecule has 3 fully saturated rings. The van der Waals surface area contributed by atoms with Crippen LogP contribution >= 0.6 is 0 Å². The Morgan fingerprint density at radius 2 is 1.79 bits per heavy atom. The monoisotopic (exact) mass is 396 g/mol. The average molecular weight is 396 g/mol. The number of aliphatic hydroxyl groups is 4. The van der Waals surface area contributed by atoms with Gasteiger partial charge in [-0.15, -0.1) is 0 Å². The molecule has 0 amide bonds. The molecule has 1 heterocycles. The maximum Gasteiger partial charge on any atom is 0.336 e. The maximum atomic E-state index is 13.0. The number of hydrogen-bond acceptors (Lipinski definition) is 7. The third-order valence-corrected chi connectivity index (χ3v) is 7.75. The lowest BCUT2D eigenvalue weighted by Gasteiger charge is -2.41. The van der Waals surface area contributed by atoms with Crippen molar-refractivity contribution in [2.75, 3.05) is 0 Å². The van der Waals surface area contributed by atoms with Crippen molar-refractivity contribution in [3.63, 3.8) is 0 Å². The van der Waals surface area contributed by atoms with Gasteiger partial charge in [-0.2, -0.15) is 0 Å². The first-order valence-electron chi connectivity index (χ1n) is 10.3. The van der Waals surface area contributed by atoms with E-state index in [9.17, 15) is 25.2 Å². The Bertz CT molecular complexity index is 703. The van der Waals surface area contributed by atoms with Crippen molar-refractivity contribution in [3.8, 4) is 0 Å². The predicted molar refractivity (Wildman–Crippen MR) is 98.8 cm³/mol. The van der Waals surface area contributed by atoms with Crippen LogP contribution in [0.5, 0.6) is 0 Å². The van der Waals surface area contributed by atoms with Crippen LogP contribution in [0.15, 0.2) is 11.6 Å². The van der Waals surface area contributed by atoms with Crippen LogP contribution in [-0.2, 0) is 14.3 Å². The summed E-state index contributed by atoms with van der Waals surface area (Å²) in [4.78, 5) is 13.0. The predicted octanol–water partition coefficient (Wildman–Crippen LogP) is 0.881. The molecule has 0 bridgehead atoms. The zero-order chi connectivity index (χ0) is 20.6. The van der Waals surface area contributed by atoms with E-state index in [1.165, 1.54) is 6.92 Å². The molecule has 4 aliphatic rings. The molecule has 158 valence electrons. The SMILES string of the molecule is CC1OC(OC(=O)C2=CC3(O)CC(C)(C)CC34C(C)CCC24)C(O)C(O)C1O. The van der Waals surface area contributed by atoms with E-state index in [4.69, 9.17) is 9.47 Å². The third kappa shape index (κ3) is 2.63. The Morgan fingerprint density at radius 3 is 2.46 bits per heavy atom. The zero-order valence-corrected chi connectivity index (χ0v) is 17.0. The molecular weight excluding hydrogens is 364 g/mol. The fourth-order valence-electron chi connectivity index (χ4n) is 6.66. The number of carbonyl (C=O) groups is 1. The molecular formula is C21H32O7. The summed E-state index contributed by atoms with van der Waals surface area (Å²) in [5, 5.41) is 41.5. The van der Waals surface area contributed by atoms with E-state index < -0.39 is 42.3 Å². The first kappa shape index (κ1) is 20.3. The van der Waals surface area contributed by atoms with Gasteiger partial charge < -0.3 is 29.9 Å². The fourth-order valence-corrected chi connectivity index (χ4v) is 6.66. The molecule has 9 unspecified atom stereocenters. The number of esters is 1. The Morgan fingerprint density at radius 1 is 1.11 bits per heavy atom. The second-order valence-corrected chi connectivity index (χ2v) is 10.2. The molecule has 9 atom stereocenters. The van der Waals surface area contributed by atoms with E-state index in [-0.39, 0.29) is 16.7 Å². The van der Waals surface area contributed by atoms with Crippen molar-refractivity contribution in [3.05, 3.63) is 11.6 Å². The van der Waals surface area contributed by atoms with Crippen LogP contribution in [0.4, 0.5) is 0 Å².